The second-order valence-corrected chi connectivity index (χ2v) is 4.02. The van der Waals surface area contributed by atoms with Gasteiger partial charge in [0, 0.05) is 0 Å². The van der Waals surface area contributed by atoms with E-state index in [1.807, 2.05) is 13.8 Å². The number of ether oxygens (including phenoxy) is 1. The molecule has 5 atom stereocenters. The first kappa shape index (κ1) is 10.9. The van der Waals surface area contributed by atoms with E-state index in [0.29, 0.717) is 0 Å². The highest BCUT2D eigenvalue weighted by atomic mass is 16.5. The van der Waals surface area contributed by atoms with Crippen LogP contribution in [0.3, 0.4) is 0 Å². The van der Waals surface area contributed by atoms with Crippen LogP contribution in [0.1, 0.15) is 20.8 Å². The molecule has 3 N–H and O–H groups in total. The van der Waals surface area contributed by atoms with Gasteiger partial charge in [0.25, 0.3) is 0 Å². The SMILES string of the molecule is CC(C)[C@@H]1O[C@@H](C)C(O)C(O)C1O. The lowest BCUT2D eigenvalue weighted by Gasteiger charge is -2.41. The Kier molecular flexibility index (Phi) is 3.29. The van der Waals surface area contributed by atoms with Crippen LogP contribution in [0.4, 0.5) is 0 Å². The van der Waals surface area contributed by atoms with E-state index in [9.17, 15) is 15.3 Å². The van der Waals surface area contributed by atoms with Crippen molar-refractivity contribution in [3.05, 3.63) is 0 Å². The van der Waals surface area contributed by atoms with Crippen molar-refractivity contribution in [1.82, 2.24) is 0 Å². The second kappa shape index (κ2) is 3.92. The van der Waals surface area contributed by atoms with E-state index in [1.54, 1.807) is 6.92 Å². The molecule has 0 aromatic carbocycles. The van der Waals surface area contributed by atoms with E-state index in [4.69, 9.17) is 4.74 Å². The zero-order valence-electron chi connectivity index (χ0n) is 8.21. The van der Waals surface area contributed by atoms with Crippen LogP contribution in [0.2, 0.25) is 0 Å². The van der Waals surface area contributed by atoms with Crippen LogP contribution in [0.5, 0.6) is 0 Å². The summed E-state index contributed by atoms with van der Waals surface area (Å²) in [5.41, 5.74) is 0. The molecule has 0 bridgehead atoms. The first-order chi connectivity index (χ1) is 5.95. The fourth-order valence-corrected chi connectivity index (χ4v) is 1.63. The van der Waals surface area contributed by atoms with Crippen LogP contribution < -0.4 is 0 Å². The van der Waals surface area contributed by atoms with Crippen molar-refractivity contribution in [3.63, 3.8) is 0 Å². The van der Waals surface area contributed by atoms with E-state index in [0.717, 1.165) is 0 Å². The number of aliphatic hydroxyl groups is 3. The van der Waals surface area contributed by atoms with Gasteiger partial charge >= 0.3 is 0 Å². The van der Waals surface area contributed by atoms with E-state index in [2.05, 4.69) is 0 Å². The van der Waals surface area contributed by atoms with Gasteiger partial charge in [-0.1, -0.05) is 13.8 Å². The predicted octanol–water partition coefficient (Wildman–Crippen LogP) is -0.488. The Morgan fingerprint density at radius 3 is 2.00 bits per heavy atom. The summed E-state index contributed by atoms with van der Waals surface area (Å²) in [6, 6.07) is 0. The minimum absolute atomic E-state index is 0.125. The molecule has 1 saturated heterocycles. The third-order valence-electron chi connectivity index (χ3n) is 2.55. The molecule has 0 aromatic heterocycles. The zero-order chi connectivity index (χ0) is 10.2. The molecule has 4 nitrogen and oxygen atoms in total. The maximum atomic E-state index is 9.56. The normalized spacial score (nSPS) is 46.8. The maximum Gasteiger partial charge on any atom is 0.111 e. The van der Waals surface area contributed by atoms with Crippen LogP contribution in [0.25, 0.3) is 0 Å². The molecule has 1 rings (SSSR count). The lowest BCUT2D eigenvalue weighted by atomic mass is 9.90. The van der Waals surface area contributed by atoms with E-state index in [-0.39, 0.29) is 5.92 Å². The fourth-order valence-electron chi connectivity index (χ4n) is 1.63. The molecule has 13 heavy (non-hydrogen) atoms. The molecule has 0 saturated carbocycles. The Hall–Kier alpha value is -0.160. The molecule has 0 aromatic rings. The summed E-state index contributed by atoms with van der Waals surface area (Å²) >= 11 is 0. The Bertz CT molecular complexity index is 171. The third kappa shape index (κ3) is 2.02. The Balaban J connectivity index is 2.70. The highest BCUT2D eigenvalue weighted by Crippen LogP contribution is 2.25. The second-order valence-electron chi connectivity index (χ2n) is 4.02. The highest BCUT2D eigenvalue weighted by molar-refractivity contribution is 4.91. The quantitative estimate of drug-likeness (QED) is 0.522. The topological polar surface area (TPSA) is 69.9 Å². The van der Waals surface area contributed by atoms with Gasteiger partial charge in [0.05, 0.1) is 12.2 Å². The summed E-state index contributed by atoms with van der Waals surface area (Å²) in [6.07, 6.45) is -3.91. The Labute approximate surface area is 78.1 Å². The number of hydrogen-bond acceptors (Lipinski definition) is 4. The summed E-state index contributed by atoms with van der Waals surface area (Å²) in [5, 5.41) is 28.4. The number of rotatable bonds is 1. The highest BCUT2D eigenvalue weighted by Gasteiger charge is 2.42. The van der Waals surface area contributed by atoms with Crippen molar-refractivity contribution < 1.29 is 20.1 Å². The molecule has 0 aliphatic carbocycles. The number of hydrogen-bond donors (Lipinski definition) is 3. The van der Waals surface area contributed by atoms with Crippen molar-refractivity contribution in [3.8, 4) is 0 Å². The first-order valence-electron chi connectivity index (χ1n) is 4.64. The molecular weight excluding hydrogens is 172 g/mol. The monoisotopic (exact) mass is 190 g/mol. The van der Waals surface area contributed by atoms with Gasteiger partial charge in [-0.05, 0) is 12.8 Å². The van der Waals surface area contributed by atoms with Gasteiger partial charge in [-0.2, -0.15) is 0 Å². The fraction of sp³-hybridized carbons (Fsp3) is 1.00. The molecule has 1 fully saturated rings. The standard InChI is InChI=1S/C9H18O4/c1-4(2)9-8(12)7(11)6(10)5(3)13-9/h4-12H,1-3H3/t5-,6?,7?,8?,9-/m0/s1. The first-order valence-corrected chi connectivity index (χ1v) is 4.64. The van der Waals surface area contributed by atoms with Gasteiger partial charge in [-0.25, -0.2) is 0 Å². The van der Waals surface area contributed by atoms with Gasteiger partial charge in [0.1, 0.15) is 18.3 Å². The summed E-state index contributed by atoms with van der Waals surface area (Å²) in [7, 11) is 0. The average molecular weight is 190 g/mol. The van der Waals surface area contributed by atoms with Crippen LogP contribution >= 0.6 is 0 Å². The van der Waals surface area contributed by atoms with Crippen molar-refractivity contribution in [2.45, 2.75) is 51.3 Å². The molecule has 3 unspecified atom stereocenters. The van der Waals surface area contributed by atoms with Crippen LogP contribution in [-0.2, 0) is 4.74 Å². The van der Waals surface area contributed by atoms with Crippen LogP contribution in [0.15, 0.2) is 0 Å². The van der Waals surface area contributed by atoms with Crippen molar-refractivity contribution in [1.29, 1.82) is 0 Å². The van der Waals surface area contributed by atoms with Gasteiger partial charge in [-0.15, -0.1) is 0 Å². The molecule has 0 amide bonds. The molecular formula is C9H18O4. The van der Waals surface area contributed by atoms with Gasteiger partial charge in [-0.3, -0.25) is 0 Å². The average Bonchev–Trinajstić information content (AvgIpc) is 2.07. The molecule has 1 heterocycles. The predicted molar refractivity (Wildman–Crippen MR) is 47.2 cm³/mol. The van der Waals surface area contributed by atoms with Gasteiger partial charge < -0.3 is 20.1 Å². The lowest BCUT2D eigenvalue weighted by molar-refractivity contribution is -0.226. The van der Waals surface area contributed by atoms with Gasteiger partial charge in [0.15, 0.2) is 0 Å². The van der Waals surface area contributed by atoms with E-state index < -0.39 is 30.5 Å². The molecule has 4 heteroatoms. The largest absolute Gasteiger partial charge is 0.388 e. The van der Waals surface area contributed by atoms with E-state index in [1.165, 1.54) is 0 Å². The minimum atomic E-state index is -1.10. The van der Waals surface area contributed by atoms with Crippen LogP contribution in [-0.4, -0.2) is 45.8 Å². The molecule has 78 valence electrons. The summed E-state index contributed by atoms with van der Waals surface area (Å²) in [5.74, 6) is 0.125. The molecule has 0 spiro atoms. The van der Waals surface area contributed by atoms with Crippen molar-refractivity contribution in [2.24, 2.45) is 5.92 Å². The zero-order valence-corrected chi connectivity index (χ0v) is 8.21. The van der Waals surface area contributed by atoms with Crippen LogP contribution in [0, 0.1) is 5.92 Å². The van der Waals surface area contributed by atoms with Gasteiger partial charge in [0.2, 0.25) is 0 Å². The third-order valence-corrected chi connectivity index (χ3v) is 2.55. The Morgan fingerprint density at radius 1 is 1.00 bits per heavy atom. The molecule has 1 aliphatic rings. The minimum Gasteiger partial charge on any atom is -0.388 e. The van der Waals surface area contributed by atoms with Crippen molar-refractivity contribution in [2.75, 3.05) is 0 Å². The number of aliphatic hydroxyl groups excluding tert-OH is 3. The molecule has 1 aliphatic heterocycles. The van der Waals surface area contributed by atoms with Crippen molar-refractivity contribution >= 4 is 0 Å². The summed E-state index contributed by atoms with van der Waals surface area (Å²) in [4.78, 5) is 0. The Morgan fingerprint density at radius 2 is 1.54 bits per heavy atom. The molecule has 0 radical (unpaired) electrons. The summed E-state index contributed by atoms with van der Waals surface area (Å²) < 4.78 is 5.38. The lowest BCUT2D eigenvalue weighted by Crippen LogP contribution is -2.57. The smallest absolute Gasteiger partial charge is 0.111 e. The maximum absolute atomic E-state index is 9.56. The van der Waals surface area contributed by atoms with E-state index >= 15 is 0 Å². The summed E-state index contributed by atoms with van der Waals surface area (Å²) in [6.45, 7) is 5.51.